The minimum absolute atomic E-state index is 0.628. The average molecular weight is 209 g/mol. The maximum absolute atomic E-state index is 5.77. The van der Waals surface area contributed by atoms with E-state index in [1.54, 1.807) is 0 Å². The summed E-state index contributed by atoms with van der Waals surface area (Å²) in [5.74, 6) is 1.57. The van der Waals surface area contributed by atoms with Crippen LogP contribution < -0.4 is 11.1 Å². The molecule has 2 rings (SSSR count). The summed E-state index contributed by atoms with van der Waals surface area (Å²) in [4.78, 5) is 4.38. The van der Waals surface area contributed by atoms with Crippen molar-refractivity contribution in [3.63, 3.8) is 0 Å². The Bertz CT molecular complexity index is 215. The van der Waals surface area contributed by atoms with Crippen LogP contribution in [0.15, 0.2) is 4.99 Å². The normalized spacial score (nSPS) is 24.1. The third kappa shape index (κ3) is 4.10. The summed E-state index contributed by atoms with van der Waals surface area (Å²) in [7, 11) is 0. The molecule has 0 radical (unpaired) electrons. The van der Waals surface area contributed by atoms with Gasteiger partial charge < -0.3 is 11.1 Å². The Kier molecular flexibility index (Phi) is 3.87. The Morgan fingerprint density at radius 1 is 1.13 bits per heavy atom. The third-order valence-electron chi connectivity index (χ3n) is 3.47. The fraction of sp³-hybridized carbons (Fsp3) is 0.917. The number of rotatable bonds is 4. The smallest absolute Gasteiger partial charge is 0.188 e. The van der Waals surface area contributed by atoms with Crippen LogP contribution in [0.1, 0.15) is 51.4 Å². The first-order chi connectivity index (χ1) is 7.34. The van der Waals surface area contributed by atoms with E-state index in [9.17, 15) is 0 Å². The van der Waals surface area contributed by atoms with E-state index >= 15 is 0 Å². The fourth-order valence-corrected chi connectivity index (χ4v) is 2.33. The Morgan fingerprint density at radius 3 is 2.53 bits per heavy atom. The second kappa shape index (κ2) is 5.38. The number of hydrogen-bond acceptors (Lipinski definition) is 1. The highest BCUT2D eigenvalue weighted by Crippen LogP contribution is 2.26. The van der Waals surface area contributed by atoms with E-state index in [2.05, 4.69) is 10.3 Å². The van der Waals surface area contributed by atoms with Gasteiger partial charge in [0.15, 0.2) is 5.96 Å². The Morgan fingerprint density at radius 2 is 1.87 bits per heavy atom. The van der Waals surface area contributed by atoms with E-state index < -0.39 is 0 Å². The minimum atomic E-state index is 0.628. The molecule has 15 heavy (non-hydrogen) atoms. The van der Waals surface area contributed by atoms with E-state index in [4.69, 9.17) is 5.73 Å². The second-order valence-electron chi connectivity index (χ2n) is 4.98. The number of hydrogen-bond donors (Lipinski definition) is 2. The molecule has 0 heterocycles. The Hall–Kier alpha value is -0.730. The van der Waals surface area contributed by atoms with E-state index in [-0.39, 0.29) is 0 Å². The van der Waals surface area contributed by atoms with Crippen LogP contribution in [0, 0.1) is 5.92 Å². The van der Waals surface area contributed by atoms with Gasteiger partial charge >= 0.3 is 0 Å². The van der Waals surface area contributed by atoms with Crippen LogP contribution in [0.2, 0.25) is 0 Å². The lowest BCUT2D eigenvalue weighted by atomic mass is 9.87. The molecule has 3 heteroatoms. The van der Waals surface area contributed by atoms with Crippen molar-refractivity contribution in [3.05, 3.63) is 0 Å². The molecule has 0 aromatic heterocycles. The monoisotopic (exact) mass is 209 g/mol. The van der Waals surface area contributed by atoms with Gasteiger partial charge in [-0.3, -0.25) is 4.99 Å². The molecule has 0 aromatic rings. The van der Waals surface area contributed by atoms with Crippen molar-refractivity contribution in [1.82, 2.24) is 5.32 Å². The van der Waals surface area contributed by atoms with Crippen molar-refractivity contribution in [3.8, 4) is 0 Å². The first-order valence-corrected chi connectivity index (χ1v) is 6.41. The van der Waals surface area contributed by atoms with Crippen molar-refractivity contribution in [1.29, 1.82) is 0 Å². The number of nitrogens with zero attached hydrogens (tertiary/aromatic N) is 1. The molecule has 0 bridgehead atoms. The van der Waals surface area contributed by atoms with Gasteiger partial charge in [0, 0.05) is 12.6 Å². The summed E-state index contributed by atoms with van der Waals surface area (Å²) >= 11 is 0. The lowest BCUT2D eigenvalue weighted by molar-refractivity contribution is 0.343. The molecule has 2 fully saturated rings. The number of nitrogens with two attached hydrogens (primary N) is 1. The maximum atomic E-state index is 5.77. The van der Waals surface area contributed by atoms with Crippen LogP contribution in [0.3, 0.4) is 0 Å². The van der Waals surface area contributed by atoms with Crippen molar-refractivity contribution < 1.29 is 0 Å². The molecule has 0 aliphatic heterocycles. The second-order valence-corrected chi connectivity index (χ2v) is 4.98. The topological polar surface area (TPSA) is 50.4 Å². The van der Waals surface area contributed by atoms with Gasteiger partial charge in [-0.1, -0.05) is 32.1 Å². The highest BCUT2D eigenvalue weighted by molar-refractivity contribution is 5.78. The predicted octanol–water partition coefficient (Wildman–Crippen LogP) is 2.02. The standard InChI is InChI=1S/C12H23N3/c13-12(15-11-6-7-11)14-9-8-10-4-2-1-3-5-10/h10-11H,1-9H2,(H3,13,14,15). The summed E-state index contributed by atoms with van der Waals surface area (Å²) in [5.41, 5.74) is 5.77. The van der Waals surface area contributed by atoms with E-state index in [1.165, 1.54) is 51.4 Å². The van der Waals surface area contributed by atoms with Crippen LogP contribution >= 0.6 is 0 Å². The molecule has 3 nitrogen and oxygen atoms in total. The van der Waals surface area contributed by atoms with Gasteiger partial charge in [0.25, 0.3) is 0 Å². The molecule has 0 unspecified atom stereocenters. The predicted molar refractivity (Wildman–Crippen MR) is 63.8 cm³/mol. The summed E-state index contributed by atoms with van der Waals surface area (Å²) in [6, 6.07) is 0.628. The Labute approximate surface area is 92.5 Å². The van der Waals surface area contributed by atoms with Gasteiger partial charge in [-0.2, -0.15) is 0 Å². The van der Waals surface area contributed by atoms with Crippen molar-refractivity contribution in [2.45, 2.75) is 57.4 Å². The summed E-state index contributed by atoms with van der Waals surface area (Å²) in [6.45, 7) is 0.913. The van der Waals surface area contributed by atoms with Crippen LogP contribution in [-0.4, -0.2) is 18.5 Å². The first-order valence-electron chi connectivity index (χ1n) is 6.41. The molecule has 0 saturated heterocycles. The number of guanidine groups is 1. The molecular formula is C12H23N3. The number of aliphatic imine (C=N–C) groups is 1. The molecule has 2 aliphatic rings. The largest absolute Gasteiger partial charge is 0.370 e. The van der Waals surface area contributed by atoms with Gasteiger partial charge in [-0.05, 0) is 25.2 Å². The zero-order valence-corrected chi connectivity index (χ0v) is 9.54. The average Bonchev–Trinajstić information content (AvgIpc) is 3.03. The molecule has 86 valence electrons. The molecular weight excluding hydrogens is 186 g/mol. The molecule has 0 aromatic carbocycles. The van der Waals surface area contributed by atoms with Gasteiger partial charge in [0.1, 0.15) is 0 Å². The molecule has 0 spiro atoms. The van der Waals surface area contributed by atoms with Gasteiger partial charge in [0.05, 0.1) is 0 Å². The lowest BCUT2D eigenvalue weighted by Crippen LogP contribution is -2.33. The third-order valence-corrected chi connectivity index (χ3v) is 3.47. The van der Waals surface area contributed by atoms with E-state index in [0.717, 1.165) is 12.5 Å². The maximum Gasteiger partial charge on any atom is 0.188 e. The van der Waals surface area contributed by atoms with Crippen LogP contribution in [0.25, 0.3) is 0 Å². The quantitative estimate of drug-likeness (QED) is 0.550. The minimum Gasteiger partial charge on any atom is -0.370 e. The Balaban J connectivity index is 1.59. The van der Waals surface area contributed by atoms with Gasteiger partial charge in [-0.25, -0.2) is 0 Å². The zero-order valence-electron chi connectivity index (χ0n) is 9.54. The van der Waals surface area contributed by atoms with Crippen LogP contribution in [0.5, 0.6) is 0 Å². The molecule has 2 saturated carbocycles. The fourth-order valence-electron chi connectivity index (χ4n) is 2.33. The van der Waals surface area contributed by atoms with Crippen molar-refractivity contribution in [2.75, 3.05) is 6.54 Å². The van der Waals surface area contributed by atoms with Crippen LogP contribution in [-0.2, 0) is 0 Å². The van der Waals surface area contributed by atoms with E-state index in [0.29, 0.717) is 12.0 Å². The first kappa shape index (κ1) is 10.8. The lowest BCUT2D eigenvalue weighted by Gasteiger charge is -2.20. The van der Waals surface area contributed by atoms with Gasteiger partial charge in [0.2, 0.25) is 0 Å². The van der Waals surface area contributed by atoms with Gasteiger partial charge in [-0.15, -0.1) is 0 Å². The molecule has 2 aliphatic carbocycles. The molecule has 0 atom stereocenters. The highest BCUT2D eigenvalue weighted by atomic mass is 15.1. The van der Waals surface area contributed by atoms with E-state index in [1.807, 2.05) is 0 Å². The number of nitrogens with one attached hydrogen (secondary N) is 1. The van der Waals surface area contributed by atoms with Crippen molar-refractivity contribution >= 4 is 5.96 Å². The summed E-state index contributed by atoms with van der Waals surface area (Å²) in [6.07, 6.45) is 10.8. The molecule has 0 amide bonds. The zero-order chi connectivity index (χ0) is 10.5. The highest BCUT2D eigenvalue weighted by Gasteiger charge is 2.21. The summed E-state index contributed by atoms with van der Waals surface area (Å²) < 4.78 is 0. The SMILES string of the molecule is NC(=NCCC1CCCCC1)NC1CC1. The molecule has 3 N–H and O–H groups in total. The van der Waals surface area contributed by atoms with Crippen LogP contribution in [0.4, 0.5) is 0 Å². The van der Waals surface area contributed by atoms with Crippen molar-refractivity contribution in [2.24, 2.45) is 16.6 Å². The summed E-state index contributed by atoms with van der Waals surface area (Å²) in [5, 5.41) is 3.22.